The summed E-state index contributed by atoms with van der Waals surface area (Å²) in [5.41, 5.74) is 0.945. The summed E-state index contributed by atoms with van der Waals surface area (Å²) in [6.07, 6.45) is 0. The maximum Gasteiger partial charge on any atom is 0.322 e. The summed E-state index contributed by atoms with van der Waals surface area (Å²) < 4.78 is 25.6. The van der Waals surface area contributed by atoms with E-state index in [9.17, 15) is 13.2 Å². The Morgan fingerprint density at radius 3 is 2.05 bits per heavy atom. The highest BCUT2D eigenvalue weighted by Crippen LogP contribution is 2.20. The van der Waals surface area contributed by atoms with E-state index in [1.165, 1.54) is 19.2 Å². The molecule has 1 N–H and O–H groups in total. The number of carbonyl (C=O) groups is 1. The predicted molar refractivity (Wildman–Crippen MR) is 72.4 cm³/mol. The number of hydrogen-bond acceptors (Lipinski definition) is 3. The lowest BCUT2D eigenvalue weighted by molar-refractivity contribution is -0.142. The van der Waals surface area contributed by atoms with Gasteiger partial charge in [-0.3, -0.25) is 4.79 Å². The molecule has 0 amide bonds. The Kier molecular flexibility index (Phi) is 4.70. The van der Waals surface area contributed by atoms with Gasteiger partial charge in [0, 0.05) is 7.05 Å². The van der Waals surface area contributed by atoms with Crippen LogP contribution >= 0.6 is 0 Å². The van der Waals surface area contributed by atoms with Crippen LogP contribution in [0.2, 0.25) is 0 Å². The van der Waals surface area contributed by atoms with Gasteiger partial charge in [0.1, 0.15) is 6.04 Å². The normalized spacial score (nSPS) is 13.8. The molecule has 0 aromatic heterocycles. The lowest BCUT2D eigenvalue weighted by atomic mass is 10.1. The largest absolute Gasteiger partial charge is 0.480 e. The third-order valence-electron chi connectivity index (χ3n) is 2.97. The molecule has 106 valence electrons. The van der Waals surface area contributed by atoms with E-state index in [0.29, 0.717) is 0 Å². The standard InChI is InChI=1S/C13H19NO4S/c1-9(2)12(13(15)16)14(4)19(17,18)11-7-5-10(3)6-8-11/h5-9,12H,1-4H3,(H,15,16). The van der Waals surface area contributed by atoms with Crippen LogP contribution in [0.1, 0.15) is 19.4 Å². The number of aliphatic carboxylic acids is 1. The molecular weight excluding hydrogens is 266 g/mol. The first-order chi connectivity index (χ1) is 8.67. The number of nitrogens with zero attached hydrogens (tertiary/aromatic N) is 1. The number of carboxylic acids is 1. The van der Waals surface area contributed by atoms with Gasteiger partial charge in [-0.1, -0.05) is 31.5 Å². The van der Waals surface area contributed by atoms with Crippen molar-refractivity contribution in [3.05, 3.63) is 29.8 Å². The van der Waals surface area contributed by atoms with Crippen molar-refractivity contribution >= 4 is 16.0 Å². The third-order valence-corrected chi connectivity index (χ3v) is 4.83. The lowest BCUT2D eigenvalue weighted by Crippen LogP contribution is -2.45. The molecule has 0 radical (unpaired) electrons. The van der Waals surface area contributed by atoms with Crippen molar-refractivity contribution in [2.24, 2.45) is 5.92 Å². The highest BCUT2D eigenvalue weighted by molar-refractivity contribution is 7.89. The summed E-state index contributed by atoms with van der Waals surface area (Å²) >= 11 is 0. The first-order valence-electron chi connectivity index (χ1n) is 5.95. The molecule has 1 unspecified atom stereocenters. The molecule has 0 aliphatic carbocycles. The van der Waals surface area contributed by atoms with E-state index in [2.05, 4.69) is 0 Å². The molecule has 1 aromatic carbocycles. The van der Waals surface area contributed by atoms with Gasteiger partial charge in [-0.05, 0) is 25.0 Å². The number of rotatable bonds is 5. The number of carboxylic acid groups (broad SMARTS) is 1. The molecule has 0 heterocycles. The summed E-state index contributed by atoms with van der Waals surface area (Å²) in [6, 6.07) is 5.27. The Bertz CT molecular complexity index is 549. The maximum atomic E-state index is 12.4. The molecule has 0 aliphatic heterocycles. The molecule has 19 heavy (non-hydrogen) atoms. The van der Waals surface area contributed by atoms with Crippen molar-refractivity contribution in [3.63, 3.8) is 0 Å². The Morgan fingerprint density at radius 1 is 1.21 bits per heavy atom. The maximum absolute atomic E-state index is 12.4. The summed E-state index contributed by atoms with van der Waals surface area (Å²) in [7, 11) is -2.49. The number of hydrogen-bond donors (Lipinski definition) is 1. The van der Waals surface area contributed by atoms with Gasteiger partial charge < -0.3 is 5.11 Å². The van der Waals surface area contributed by atoms with E-state index < -0.39 is 22.0 Å². The van der Waals surface area contributed by atoms with Crippen molar-refractivity contribution in [3.8, 4) is 0 Å². The van der Waals surface area contributed by atoms with Crippen molar-refractivity contribution in [1.82, 2.24) is 4.31 Å². The fraction of sp³-hybridized carbons (Fsp3) is 0.462. The van der Waals surface area contributed by atoms with E-state index in [1.54, 1.807) is 26.0 Å². The lowest BCUT2D eigenvalue weighted by Gasteiger charge is -2.27. The first kappa shape index (κ1) is 15.7. The average Bonchev–Trinajstić information content (AvgIpc) is 2.28. The van der Waals surface area contributed by atoms with Crippen LogP contribution in [0.3, 0.4) is 0 Å². The van der Waals surface area contributed by atoms with Gasteiger partial charge in [0.05, 0.1) is 4.90 Å². The SMILES string of the molecule is Cc1ccc(S(=O)(=O)N(C)C(C(=O)O)C(C)C)cc1. The topological polar surface area (TPSA) is 74.7 Å². The van der Waals surface area contributed by atoms with Crippen LogP contribution in [0.25, 0.3) is 0 Å². The second kappa shape index (κ2) is 5.71. The van der Waals surface area contributed by atoms with Gasteiger partial charge in [-0.2, -0.15) is 4.31 Å². The van der Waals surface area contributed by atoms with Crippen molar-refractivity contribution in [1.29, 1.82) is 0 Å². The summed E-state index contributed by atoms with van der Waals surface area (Å²) in [5.74, 6) is -1.46. The molecule has 1 rings (SSSR count). The fourth-order valence-corrected chi connectivity index (χ4v) is 3.33. The van der Waals surface area contributed by atoms with E-state index >= 15 is 0 Å². The molecule has 0 fully saturated rings. The summed E-state index contributed by atoms with van der Waals surface area (Å²) in [6.45, 7) is 5.22. The van der Waals surface area contributed by atoms with Crippen LogP contribution in [0.4, 0.5) is 0 Å². The van der Waals surface area contributed by atoms with Gasteiger partial charge >= 0.3 is 5.97 Å². The highest BCUT2D eigenvalue weighted by Gasteiger charge is 2.34. The van der Waals surface area contributed by atoms with E-state index in [-0.39, 0.29) is 10.8 Å². The number of benzene rings is 1. The fourth-order valence-electron chi connectivity index (χ4n) is 1.89. The molecular formula is C13H19NO4S. The minimum atomic E-state index is -3.79. The number of likely N-dealkylation sites (N-methyl/N-ethyl adjacent to an activating group) is 1. The Hall–Kier alpha value is -1.40. The first-order valence-corrected chi connectivity index (χ1v) is 7.39. The van der Waals surface area contributed by atoms with Gasteiger partial charge in [-0.15, -0.1) is 0 Å². The van der Waals surface area contributed by atoms with Crippen molar-refractivity contribution < 1.29 is 18.3 Å². The van der Waals surface area contributed by atoms with Crippen LogP contribution in [0.15, 0.2) is 29.2 Å². The highest BCUT2D eigenvalue weighted by atomic mass is 32.2. The molecule has 0 saturated carbocycles. The van der Waals surface area contributed by atoms with E-state index in [0.717, 1.165) is 9.87 Å². The minimum Gasteiger partial charge on any atom is -0.480 e. The van der Waals surface area contributed by atoms with Crippen LogP contribution in [-0.2, 0) is 14.8 Å². The smallest absolute Gasteiger partial charge is 0.322 e. The second-order valence-electron chi connectivity index (χ2n) is 4.86. The Morgan fingerprint density at radius 2 is 1.68 bits per heavy atom. The summed E-state index contributed by atoms with van der Waals surface area (Å²) in [4.78, 5) is 11.3. The quantitative estimate of drug-likeness (QED) is 0.894. The van der Waals surface area contributed by atoms with Gasteiger partial charge in [0.2, 0.25) is 10.0 Å². The molecule has 0 bridgehead atoms. The molecule has 5 nitrogen and oxygen atoms in total. The third kappa shape index (κ3) is 3.33. The zero-order valence-corrected chi connectivity index (χ0v) is 12.3. The molecule has 0 saturated heterocycles. The minimum absolute atomic E-state index is 0.104. The number of sulfonamides is 1. The average molecular weight is 285 g/mol. The Balaban J connectivity index is 3.19. The molecule has 0 spiro atoms. The molecule has 1 atom stereocenters. The molecule has 0 aliphatic rings. The van der Waals surface area contributed by atoms with Crippen LogP contribution in [0, 0.1) is 12.8 Å². The van der Waals surface area contributed by atoms with E-state index in [4.69, 9.17) is 5.11 Å². The van der Waals surface area contributed by atoms with Crippen LogP contribution in [0.5, 0.6) is 0 Å². The zero-order chi connectivity index (χ0) is 14.8. The summed E-state index contributed by atoms with van der Waals surface area (Å²) in [5, 5.41) is 9.16. The van der Waals surface area contributed by atoms with E-state index in [1.807, 2.05) is 6.92 Å². The van der Waals surface area contributed by atoms with Gasteiger partial charge in [-0.25, -0.2) is 8.42 Å². The van der Waals surface area contributed by atoms with Crippen molar-refractivity contribution in [2.75, 3.05) is 7.05 Å². The van der Waals surface area contributed by atoms with Crippen molar-refractivity contribution in [2.45, 2.75) is 31.7 Å². The van der Waals surface area contributed by atoms with Crippen LogP contribution < -0.4 is 0 Å². The Labute approximate surface area is 113 Å². The second-order valence-corrected chi connectivity index (χ2v) is 6.86. The van der Waals surface area contributed by atoms with Crippen LogP contribution in [-0.4, -0.2) is 36.9 Å². The van der Waals surface area contributed by atoms with Gasteiger partial charge in [0.25, 0.3) is 0 Å². The predicted octanol–water partition coefficient (Wildman–Crippen LogP) is 1.72. The molecule has 6 heteroatoms. The monoisotopic (exact) mass is 285 g/mol. The van der Waals surface area contributed by atoms with Gasteiger partial charge in [0.15, 0.2) is 0 Å². The number of aryl methyl sites for hydroxylation is 1. The molecule has 1 aromatic rings. The zero-order valence-electron chi connectivity index (χ0n) is 11.5.